The summed E-state index contributed by atoms with van der Waals surface area (Å²) in [4.78, 5) is 31.6. The summed E-state index contributed by atoms with van der Waals surface area (Å²) in [7, 11) is 3.15. The van der Waals surface area contributed by atoms with Gasteiger partial charge in [0.25, 0.3) is 0 Å². The third kappa shape index (κ3) is 5.08. The van der Waals surface area contributed by atoms with Gasteiger partial charge in [-0.25, -0.2) is 4.99 Å². The highest BCUT2D eigenvalue weighted by atomic mass is 32.2. The minimum atomic E-state index is -0.569. The summed E-state index contributed by atoms with van der Waals surface area (Å²) in [5, 5.41) is 2.79. The number of methoxy groups -OCH3 is 2. The molecule has 2 aromatic rings. The molecule has 0 aromatic heterocycles. The van der Waals surface area contributed by atoms with Gasteiger partial charge in [-0.3, -0.25) is 14.5 Å². The monoisotopic (exact) mass is 413 g/mol. The van der Waals surface area contributed by atoms with Gasteiger partial charge in [0.2, 0.25) is 11.8 Å². The molecule has 1 aliphatic heterocycles. The lowest BCUT2D eigenvalue weighted by atomic mass is 10.2. The Labute approximate surface area is 174 Å². The second-order valence-electron chi connectivity index (χ2n) is 6.27. The summed E-state index contributed by atoms with van der Waals surface area (Å²) in [6.45, 7) is 2.37. The number of rotatable bonds is 6. The molecule has 0 aliphatic carbocycles. The average Bonchev–Trinajstić information content (AvgIpc) is 2.73. The van der Waals surface area contributed by atoms with Crippen molar-refractivity contribution in [1.29, 1.82) is 0 Å². The minimum Gasteiger partial charge on any atom is -0.497 e. The first kappa shape index (κ1) is 20.7. The molecule has 0 bridgehead atoms. The van der Waals surface area contributed by atoms with Crippen LogP contribution in [0.4, 0.5) is 11.4 Å². The Morgan fingerprint density at radius 3 is 2.55 bits per heavy atom. The number of thioether (sulfide) groups is 1. The Kier molecular flexibility index (Phi) is 6.77. The van der Waals surface area contributed by atoms with Crippen molar-refractivity contribution in [2.45, 2.75) is 18.6 Å². The molecule has 1 heterocycles. The number of carbonyl (C=O) groups is 2. The van der Waals surface area contributed by atoms with Crippen molar-refractivity contribution in [3.8, 4) is 11.5 Å². The number of amidine groups is 1. The zero-order chi connectivity index (χ0) is 20.8. The topological polar surface area (TPSA) is 80.2 Å². The van der Waals surface area contributed by atoms with Crippen LogP contribution in [0, 0.1) is 0 Å². The molecule has 3 rings (SSSR count). The molecule has 152 valence electrons. The number of aliphatic imine (C=N–C) groups is 1. The first-order valence-corrected chi connectivity index (χ1v) is 10.1. The fraction of sp³-hybridized carbons (Fsp3) is 0.286. The predicted molar refractivity (Wildman–Crippen MR) is 115 cm³/mol. The van der Waals surface area contributed by atoms with E-state index in [1.54, 1.807) is 49.5 Å². The van der Waals surface area contributed by atoms with E-state index in [1.165, 1.54) is 11.8 Å². The van der Waals surface area contributed by atoms with Crippen molar-refractivity contribution in [3.63, 3.8) is 0 Å². The highest BCUT2D eigenvalue weighted by Crippen LogP contribution is 2.31. The maximum atomic E-state index is 12.8. The molecule has 1 atom stereocenters. The van der Waals surface area contributed by atoms with Crippen molar-refractivity contribution in [1.82, 2.24) is 4.90 Å². The van der Waals surface area contributed by atoms with Crippen LogP contribution in [0.1, 0.15) is 13.3 Å². The summed E-state index contributed by atoms with van der Waals surface area (Å²) in [6.07, 6.45) is 0.117. The van der Waals surface area contributed by atoms with Gasteiger partial charge in [0.1, 0.15) is 16.7 Å². The minimum absolute atomic E-state index is 0.117. The standard InChI is InChI=1S/C21H23N3O4S/c1-4-24-19(25)13-18(20(26)22-14-7-5-9-16(11-14)27-2)29-21(24)23-15-8-6-10-17(12-15)28-3/h5-12,18H,4,13H2,1-3H3,(H,22,26). The Bertz CT molecular complexity index is 932. The van der Waals surface area contributed by atoms with Gasteiger partial charge in [0.05, 0.1) is 19.9 Å². The number of amides is 2. The molecular weight excluding hydrogens is 390 g/mol. The molecule has 1 aliphatic rings. The van der Waals surface area contributed by atoms with Gasteiger partial charge in [0.15, 0.2) is 5.17 Å². The molecule has 8 heteroatoms. The molecule has 0 radical (unpaired) electrons. The van der Waals surface area contributed by atoms with Gasteiger partial charge in [-0.2, -0.15) is 0 Å². The highest BCUT2D eigenvalue weighted by molar-refractivity contribution is 8.15. The smallest absolute Gasteiger partial charge is 0.238 e. The number of carbonyl (C=O) groups excluding carboxylic acids is 2. The van der Waals surface area contributed by atoms with Crippen LogP contribution in [0.25, 0.3) is 0 Å². The van der Waals surface area contributed by atoms with Crippen molar-refractivity contribution in [2.24, 2.45) is 4.99 Å². The third-order valence-corrected chi connectivity index (χ3v) is 5.55. The van der Waals surface area contributed by atoms with Crippen LogP contribution in [0.3, 0.4) is 0 Å². The molecule has 1 N–H and O–H groups in total. The number of ether oxygens (including phenoxy) is 2. The summed E-state index contributed by atoms with van der Waals surface area (Å²) in [5.41, 5.74) is 1.28. The highest BCUT2D eigenvalue weighted by Gasteiger charge is 2.35. The summed E-state index contributed by atoms with van der Waals surface area (Å²) in [6, 6.07) is 14.4. The first-order chi connectivity index (χ1) is 14.0. The largest absolute Gasteiger partial charge is 0.497 e. The van der Waals surface area contributed by atoms with Crippen LogP contribution >= 0.6 is 11.8 Å². The summed E-state index contributed by atoms with van der Waals surface area (Å²) >= 11 is 1.28. The molecule has 1 saturated heterocycles. The zero-order valence-corrected chi connectivity index (χ0v) is 17.4. The lowest BCUT2D eigenvalue weighted by molar-refractivity contribution is -0.129. The van der Waals surface area contributed by atoms with E-state index < -0.39 is 5.25 Å². The second-order valence-corrected chi connectivity index (χ2v) is 7.44. The molecule has 0 spiro atoms. The second kappa shape index (κ2) is 9.47. The number of nitrogens with zero attached hydrogens (tertiary/aromatic N) is 2. The van der Waals surface area contributed by atoms with Gasteiger partial charge < -0.3 is 14.8 Å². The molecular formula is C21H23N3O4S. The Hall–Kier alpha value is -3.00. The van der Waals surface area contributed by atoms with E-state index in [2.05, 4.69) is 10.3 Å². The molecule has 0 saturated carbocycles. The van der Waals surface area contributed by atoms with Crippen LogP contribution in [0.5, 0.6) is 11.5 Å². The van der Waals surface area contributed by atoms with E-state index in [1.807, 2.05) is 25.1 Å². The van der Waals surface area contributed by atoms with E-state index in [4.69, 9.17) is 9.47 Å². The van der Waals surface area contributed by atoms with Crippen LogP contribution in [-0.2, 0) is 9.59 Å². The van der Waals surface area contributed by atoms with E-state index in [0.717, 1.165) is 0 Å². The quantitative estimate of drug-likeness (QED) is 0.781. The number of hydrogen-bond donors (Lipinski definition) is 1. The summed E-state index contributed by atoms with van der Waals surface area (Å²) < 4.78 is 10.4. The van der Waals surface area contributed by atoms with Crippen molar-refractivity contribution < 1.29 is 19.1 Å². The fourth-order valence-electron chi connectivity index (χ4n) is 2.87. The maximum Gasteiger partial charge on any atom is 0.238 e. The number of anilines is 1. The van der Waals surface area contributed by atoms with Crippen LogP contribution < -0.4 is 14.8 Å². The van der Waals surface area contributed by atoms with E-state index in [0.29, 0.717) is 34.6 Å². The number of benzene rings is 2. The number of nitrogens with one attached hydrogen (secondary N) is 1. The SMILES string of the molecule is CCN1C(=O)CC(C(=O)Nc2cccc(OC)c2)SC1=Nc1cccc(OC)c1. The van der Waals surface area contributed by atoms with E-state index >= 15 is 0 Å². The van der Waals surface area contributed by atoms with Crippen molar-refractivity contribution >= 4 is 40.1 Å². The lowest BCUT2D eigenvalue weighted by Gasteiger charge is -2.31. The molecule has 1 unspecified atom stereocenters. The molecule has 7 nitrogen and oxygen atoms in total. The predicted octanol–water partition coefficient (Wildman–Crippen LogP) is 3.68. The van der Waals surface area contributed by atoms with Gasteiger partial charge >= 0.3 is 0 Å². The van der Waals surface area contributed by atoms with Gasteiger partial charge in [0, 0.05) is 30.8 Å². The maximum absolute atomic E-state index is 12.8. The third-order valence-electron chi connectivity index (χ3n) is 4.36. The molecule has 2 amide bonds. The molecule has 29 heavy (non-hydrogen) atoms. The van der Waals surface area contributed by atoms with Crippen molar-refractivity contribution in [2.75, 3.05) is 26.1 Å². The van der Waals surface area contributed by atoms with E-state index in [-0.39, 0.29) is 18.2 Å². The van der Waals surface area contributed by atoms with Crippen LogP contribution in [0.15, 0.2) is 53.5 Å². The van der Waals surface area contributed by atoms with E-state index in [9.17, 15) is 9.59 Å². The zero-order valence-electron chi connectivity index (χ0n) is 16.5. The summed E-state index contributed by atoms with van der Waals surface area (Å²) in [5.74, 6) is 0.950. The van der Waals surface area contributed by atoms with Gasteiger partial charge in [-0.05, 0) is 31.2 Å². The Morgan fingerprint density at radius 2 is 1.86 bits per heavy atom. The average molecular weight is 413 g/mol. The normalized spacial score (nSPS) is 17.9. The van der Waals surface area contributed by atoms with Crippen LogP contribution in [0.2, 0.25) is 0 Å². The van der Waals surface area contributed by atoms with Crippen LogP contribution in [-0.4, -0.2) is 47.9 Å². The number of hydrogen-bond acceptors (Lipinski definition) is 6. The molecule has 1 fully saturated rings. The van der Waals surface area contributed by atoms with Gasteiger partial charge in [-0.15, -0.1) is 0 Å². The Balaban J connectivity index is 1.81. The first-order valence-electron chi connectivity index (χ1n) is 9.18. The fourth-order valence-corrected chi connectivity index (χ4v) is 4.03. The lowest BCUT2D eigenvalue weighted by Crippen LogP contribution is -2.45. The van der Waals surface area contributed by atoms with Crippen molar-refractivity contribution in [3.05, 3.63) is 48.5 Å². The molecule has 2 aromatic carbocycles. The van der Waals surface area contributed by atoms with Gasteiger partial charge in [-0.1, -0.05) is 23.9 Å². The Morgan fingerprint density at radius 1 is 1.17 bits per heavy atom.